The Morgan fingerprint density at radius 3 is 2.77 bits per heavy atom. The number of anilines is 1. The fourth-order valence-corrected chi connectivity index (χ4v) is 3.67. The minimum atomic E-state index is 0.0610. The zero-order valence-electron chi connectivity index (χ0n) is 15.2. The van der Waals surface area contributed by atoms with Crippen LogP contribution in [0.3, 0.4) is 0 Å². The number of aromatic nitrogens is 3. The first-order chi connectivity index (χ1) is 12.7. The fraction of sp³-hybridized carbons (Fsp3) is 0.421. The Morgan fingerprint density at radius 2 is 2.08 bits per heavy atom. The quantitative estimate of drug-likeness (QED) is 0.827. The molecular formula is C19H23N5O2. The molecule has 0 bridgehead atoms. The number of fused-ring (bicyclic) bond motifs is 1. The van der Waals surface area contributed by atoms with Crippen molar-refractivity contribution in [2.24, 2.45) is 7.05 Å². The molecule has 1 amide bonds. The summed E-state index contributed by atoms with van der Waals surface area (Å²) in [5, 5.41) is 4.27. The van der Waals surface area contributed by atoms with Gasteiger partial charge in [-0.05, 0) is 17.7 Å². The highest BCUT2D eigenvalue weighted by atomic mass is 16.5. The van der Waals surface area contributed by atoms with Crippen molar-refractivity contribution >= 4 is 23.2 Å². The summed E-state index contributed by atoms with van der Waals surface area (Å²) in [7, 11) is 3.49. The highest BCUT2D eigenvalue weighted by Crippen LogP contribution is 2.36. The van der Waals surface area contributed by atoms with E-state index in [-0.39, 0.29) is 12.5 Å². The number of pyridine rings is 1. The zero-order valence-corrected chi connectivity index (χ0v) is 15.2. The Kier molecular flexibility index (Phi) is 4.46. The second kappa shape index (κ2) is 6.92. The van der Waals surface area contributed by atoms with Crippen molar-refractivity contribution in [2.45, 2.75) is 6.42 Å². The monoisotopic (exact) mass is 353 g/mol. The summed E-state index contributed by atoms with van der Waals surface area (Å²) in [5.41, 5.74) is 5.91. The van der Waals surface area contributed by atoms with Gasteiger partial charge in [0.15, 0.2) is 0 Å². The zero-order chi connectivity index (χ0) is 18.1. The van der Waals surface area contributed by atoms with Crippen LogP contribution < -0.4 is 4.90 Å². The van der Waals surface area contributed by atoms with Crippen LogP contribution in [0, 0.1) is 0 Å². The summed E-state index contributed by atoms with van der Waals surface area (Å²) >= 11 is 0. The Hall–Kier alpha value is -2.67. The van der Waals surface area contributed by atoms with Crippen LogP contribution in [0.5, 0.6) is 0 Å². The molecule has 0 aromatic carbocycles. The van der Waals surface area contributed by atoms with Gasteiger partial charge >= 0.3 is 0 Å². The number of ether oxygens (including phenoxy) is 1. The predicted molar refractivity (Wildman–Crippen MR) is 99.7 cm³/mol. The molecule has 2 aliphatic rings. The van der Waals surface area contributed by atoms with Crippen molar-refractivity contribution in [2.75, 3.05) is 44.8 Å². The smallest absolute Gasteiger partial charge is 0.248 e. The van der Waals surface area contributed by atoms with Crippen molar-refractivity contribution in [1.29, 1.82) is 0 Å². The third-order valence-electron chi connectivity index (χ3n) is 5.04. The fourth-order valence-electron chi connectivity index (χ4n) is 3.67. The molecule has 0 atom stereocenters. The van der Waals surface area contributed by atoms with Gasteiger partial charge in [0.25, 0.3) is 0 Å². The van der Waals surface area contributed by atoms with Crippen LogP contribution in [0.4, 0.5) is 5.69 Å². The molecule has 7 nitrogen and oxygen atoms in total. The predicted octanol–water partition coefficient (Wildman–Crippen LogP) is 1.21. The molecule has 7 heteroatoms. The number of nitrogens with zero attached hydrogens (tertiary/aromatic N) is 5. The second-order valence-corrected chi connectivity index (χ2v) is 6.74. The molecule has 2 aromatic rings. The van der Waals surface area contributed by atoms with Crippen molar-refractivity contribution in [3.05, 3.63) is 41.5 Å². The number of hydrogen-bond acceptors (Lipinski definition) is 5. The lowest BCUT2D eigenvalue weighted by molar-refractivity contribution is -0.135. The summed E-state index contributed by atoms with van der Waals surface area (Å²) in [6, 6.07) is 2.08. The van der Waals surface area contributed by atoms with Gasteiger partial charge in [-0.3, -0.25) is 14.5 Å². The molecule has 0 saturated carbocycles. The van der Waals surface area contributed by atoms with E-state index < -0.39 is 0 Å². The maximum atomic E-state index is 12.0. The molecule has 4 rings (SSSR count). The molecule has 1 aliphatic carbocycles. The molecule has 0 unspecified atom stereocenters. The van der Waals surface area contributed by atoms with Crippen LogP contribution in [0.15, 0.2) is 24.7 Å². The van der Waals surface area contributed by atoms with E-state index in [9.17, 15) is 4.79 Å². The van der Waals surface area contributed by atoms with Gasteiger partial charge in [0.1, 0.15) is 6.61 Å². The average Bonchev–Trinajstić information content (AvgIpc) is 3.27. The van der Waals surface area contributed by atoms with Crippen molar-refractivity contribution in [1.82, 2.24) is 19.7 Å². The Morgan fingerprint density at radius 1 is 1.27 bits per heavy atom. The minimum Gasteiger partial charge on any atom is -0.375 e. The van der Waals surface area contributed by atoms with Crippen LogP contribution in [0.2, 0.25) is 0 Å². The number of carbonyl (C=O) groups is 1. The molecule has 136 valence electrons. The van der Waals surface area contributed by atoms with E-state index in [1.165, 1.54) is 16.8 Å². The van der Waals surface area contributed by atoms with Crippen LogP contribution >= 0.6 is 0 Å². The van der Waals surface area contributed by atoms with Gasteiger partial charge < -0.3 is 14.5 Å². The van der Waals surface area contributed by atoms with Gasteiger partial charge in [0.2, 0.25) is 5.91 Å². The van der Waals surface area contributed by atoms with Gasteiger partial charge in [-0.2, -0.15) is 5.10 Å². The third kappa shape index (κ3) is 3.10. The summed E-state index contributed by atoms with van der Waals surface area (Å²) in [6.45, 7) is 3.24. The van der Waals surface area contributed by atoms with Crippen molar-refractivity contribution < 1.29 is 9.53 Å². The van der Waals surface area contributed by atoms with E-state index in [2.05, 4.69) is 27.1 Å². The summed E-state index contributed by atoms with van der Waals surface area (Å²) in [5.74, 6) is 0.0610. The first-order valence-electron chi connectivity index (χ1n) is 8.85. The van der Waals surface area contributed by atoms with Gasteiger partial charge in [-0.25, -0.2) is 0 Å². The average molecular weight is 353 g/mol. The summed E-state index contributed by atoms with van der Waals surface area (Å²) < 4.78 is 6.78. The lowest BCUT2D eigenvalue weighted by Gasteiger charge is -2.36. The highest BCUT2D eigenvalue weighted by Gasteiger charge is 2.25. The molecule has 2 aromatic heterocycles. The van der Waals surface area contributed by atoms with E-state index in [0.717, 1.165) is 43.9 Å². The molecule has 1 saturated heterocycles. The van der Waals surface area contributed by atoms with Gasteiger partial charge in [-0.1, -0.05) is 0 Å². The molecule has 1 aliphatic heterocycles. The van der Waals surface area contributed by atoms with E-state index in [1.807, 2.05) is 35.2 Å². The number of aryl methyl sites for hydroxylation is 1. The largest absolute Gasteiger partial charge is 0.375 e. The Bertz CT molecular complexity index is 849. The number of carbonyl (C=O) groups excluding carboxylic acids is 1. The summed E-state index contributed by atoms with van der Waals surface area (Å²) in [4.78, 5) is 20.8. The maximum absolute atomic E-state index is 12.0. The minimum absolute atomic E-state index is 0.0610. The Balaban J connectivity index is 1.53. The second-order valence-electron chi connectivity index (χ2n) is 6.74. The van der Waals surface area contributed by atoms with Crippen LogP contribution in [0.25, 0.3) is 11.6 Å². The van der Waals surface area contributed by atoms with E-state index in [0.29, 0.717) is 0 Å². The van der Waals surface area contributed by atoms with E-state index in [1.54, 1.807) is 7.11 Å². The number of hydrogen-bond donors (Lipinski definition) is 0. The third-order valence-corrected chi connectivity index (χ3v) is 5.04. The van der Waals surface area contributed by atoms with Crippen molar-refractivity contribution in [3.63, 3.8) is 0 Å². The van der Waals surface area contributed by atoms with Crippen molar-refractivity contribution in [3.8, 4) is 0 Å². The van der Waals surface area contributed by atoms with Gasteiger partial charge in [0, 0.05) is 76.0 Å². The lowest BCUT2D eigenvalue weighted by atomic mass is 10.1. The lowest BCUT2D eigenvalue weighted by Crippen LogP contribution is -2.49. The highest BCUT2D eigenvalue weighted by molar-refractivity contribution is 5.91. The van der Waals surface area contributed by atoms with Crippen LogP contribution in [-0.2, 0) is 23.0 Å². The van der Waals surface area contributed by atoms with Gasteiger partial charge in [-0.15, -0.1) is 0 Å². The molecule has 3 heterocycles. The van der Waals surface area contributed by atoms with Crippen LogP contribution in [0.1, 0.15) is 16.8 Å². The van der Waals surface area contributed by atoms with Crippen LogP contribution in [-0.4, -0.2) is 65.5 Å². The molecule has 0 radical (unpaired) electrons. The standard InChI is InChI=1S/C19H23N5O2/c1-22-12-15(11-21-22)14-9-16-17(10-14)20-4-3-18(16)23-5-7-24(8-6-23)19(25)13-26-2/h3-4,9,11-12H,5-8,10,13H2,1-2H3. The molecule has 0 N–H and O–H groups in total. The number of methoxy groups -OCH3 is 1. The summed E-state index contributed by atoms with van der Waals surface area (Å²) in [6.07, 6.45) is 8.89. The molecule has 0 spiro atoms. The molecule has 1 fully saturated rings. The number of rotatable bonds is 4. The van der Waals surface area contributed by atoms with Gasteiger partial charge in [0.05, 0.1) is 11.9 Å². The molecular weight excluding hydrogens is 330 g/mol. The normalized spacial score (nSPS) is 16.6. The van der Waals surface area contributed by atoms with E-state index in [4.69, 9.17) is 4.74 Å². The Labute approximate surface area is 152 Å². The first-order valence-corrected chi connectivity index (χ1v) is 8.85. The number of amides is 1. The maximum Gasteiger partial charge on any atom is 0.248 e. The number of piperazine rings is 1. The topological polar surface area (TPSA) is 63.5 Å². The SMILES string of the molecule is COCC(=O)N1CCN(c2ccnc3c2C=C(c2cnn(C)c2)C3)CC1. The first kappa shape index (κ1) is 16.8. The number of allylic oxidation sites excluding steroid dienone is 1. The van der Waals surface area contributed by atoms with E-state index >= 15 is 0 Å². The molecule has 26 heavy (non-hydrogen) atoms.